The Hall–Kier alpha value is -1.85. The zero-order chi connectivity index (χ0) is 34.5. The Morgan fingerprint density at radius 1 is 0.800 bits per heavy atom. The molecule has 1 aromatic heterocycles. The fourth-order valence-corrected chi connectivity index (χ4v) is 4.68. The number of nitrogens with one attached hydrogen (secondary N) is 2. The second-order valence-electron chi connectivity index (χ2n) is 15.9. The molecule has 2 N–H and O–H groups in total. The Morgan fingerprint density at radius 2 is 1.40 bits per heavy atom. The molecule has 0 bridgehead atoms. The van der Waals surface area contributed by atoms with E-state index in [1.54, 1.807) is 0 Å². The van der Waals surface area contributed by atoms with Crippen LogP contribution in [0.2, 0.25) is 0 Å². The first-order valence-corrected chi connectivity index (χ1v) is 17.5. The van der Waals surface area contributed by atoms with Gasteiger partial charge in [-0.25, -0.2) is 4.68 Å². The van der Waals surface area contributed by atoms with Gasteiger partial charge in [0, 0.05) is 57.2 Å². The van der Waals surface area contributed by atoms with E-state index in [9.17, 15) is 14.4 Å². The molecular weight excluding hydrogens is 638 g/mol. The minimum Gasteiger partial charge on any atom is -0.376 e. The summed E-state index contributed by atoms with van der Waals surface area (Å²) in [5.41, 5.74) is -0.632. The summed E-state index contributed by atoms with van der Waals surface area (Å²) in [6.07, 6.45) is 7.21. The highest BCUT2D eigenvalue weighted by atomic mass is 79.9. The molecule has 1 rings (SSSR count). The first-order chi connectivity index (χ1) is 20.6. The van der Waals surface area contributed by atoms with Crippen LogP contribution in [-0.4, -0.2) is 75.4 Å². The Morgan fingerprint density at radius 3 is 2.00 bits per heavy atom. The van der Waals surface area contributed by atoms with E-state index in [-0.39, 0.29) is 45.2 Å². The third-order valence-corrected chi connectivity index (χ3v) is 8.71. The molecule has 0 aliphatic rings. The van der Waals surface area contributed by atoms with Crippen molar-refractivity contribution in [3.05, 3.63) is 11.9 Å². The Kier molecular flexibility index (Phi) is 16.4. The van der Waals surface area contributed by atoms with Gasteiger partial charge < -0.3 is 20.1 Å². The topological polar surface area (TPSA) is 124 Å². The van der Waals surface area contributed by atoms with Crippen LogP contribution in [0.3, 0.4) is 0 Å². The van der Waals surface area contributed by atoms with Crippen LogP contribution in [0.25, 0.3) is 0 Å². The van der Waals surface area contributed by atoms with E-state index >= 15 is 0 Å². The largest absolute Gasteiger partial charge is 0.376 e. The third-order valence-electron chi connectivity index (χ3n) is 8.20. The average molecular weight is 701 g/mol. The number of aromatic nitrogens is 3. The smallest absolute Gasteiger partial charge is 0.230 e. The van der Waals surface area contributed by atoms with Gasteiger partial charge in [0.15, 0.2) is 0 Å². The van der Waals surface area contributed by atoms with Crippen molar-refractivity contribution in [1.82, 2.24) is 25.6 Å². The van der Waals surface area contributed by atoms with Crippen molar-refractivity contribution in [2.24, 2.45) is 10.8 Å². The molecule has 1 aromatic rings. The number of hydrogen-bond donors (Lipinski definition) is 2. The maximum absolute atomic E-state index is 12.6. The predicted octanol–water partition coefficient (Wildman–Crippen LogP) is 6.15. The number of halogens is 1. The normalized spacial score (nSPS) is 13.2. The van der Waals surface area contributed by atoms with Gasteiger partial charge in [0.05, 0.1) is 27.8 Å². The molecule has 2 amide bonds. The van der Waals surface area contributed by atoms with Crippen LogP contribution in [0.4, 0.5) is 0 Å². The number of carbonyl (C=O) groups is 3. The number of carbonyl (C=O) groups excluding carboxylic acids is 3. The maximum Gasteiger partial charge on any atom is 0.230 e. The first kappa shape index (κ1) is 41.2. The zero-order valence-corrected chi connectivity index (χ0v) is 31.6. The van der Waals surface area contributed by atoms with Crippen molar-refractivity contribution in [2.75, 3.05) is 31.6 Å². The second kappa shape index (κ2) is 17.9. The zero-order valence-electron chi connectivity index (χ0n) is 30.0. The molecule has 0 unspecified atom stereocenters. The van der Waals surface area contributed by atoms with Gasteiger partial charge in [-0.2, -0.15) is 0 Å². The van der Waals surface area contributed by atoms with Gasteiger partial charge in [-0.1, -0.05) is 55.8 Å². The van der Waals surface area contributed by atoms with Crippen molar-refractivity contribution < 1.29 is 23.9 Å². The molecular formula is C34H62BrN5O5. The van der Waals surface area contributed by atoms with Gasteiger partial charge in [0.1, 0.15) is 5.78 Å². The van der Waals surface area contributed by atoms with Crippen LogP contribution in [0, 0.1) is 10.8 Å². The van der Waals surface area contributed by atoms with E-state index in [0.717, 1.165) is 31.4 Å². The average Bonchev–Trinajstić information content (AvgIpc) is 3.41. The van der Waals surface area contributed by atoms with Crippen molar-refractivity contribution in [3.63, 3.8) is 0 Å². The second-order valence-corrected chi connectivity index (χ2v) is 16.4. The van der Waals surface area contributed by atoms with Gasteiger partial charge >= 0.3 is 0 Å². The van der Waals surface area contributed by atoms with E-state index in [1.165, 1.54) is 0 Å². The number of rotatable bonds is 22. The Bertz CT molecular complexity index is 1080. The summed E-state index contributed by atoms with van der Waals surface area (Å²) in [5.74, 6) is 0.233. The molecule has 10 nitrogen and oxygen atoms in total. The van der Waals surface area contributed by atoms with E-state index in [1.807, 2.05) is 45.5 Å². The minimum absolute atomic E-state index is 0.00651. The summed E-state index contributed by atoms with van der Waals surface area (Å²) in [4.78, 5) is 36.3. The van der Waals surface area contributed by atoms with Gasteiger partial charge in [-0.15, -0.1) is 5.10 Å². The molecule has 11 heteroatoms. The van der Waals surface area contributed by atoms with Gasteiger partial charge in [0.2, 0.25) is 11.8 Å². The molecule has 0 aliphatic carbocycles. The van der Waals surface area contributed by atoms with Gasteiger partial charge in [-0.05, 0) is 79.1 Å². The van der Waals surface area contributed by atoms with Gasteiger partial charge in [0.25, 0.3) is 0 Å². The summed E-state index contributed by atoms with van der Waals surface area (Å²) in [5, 5.41) is 14.9. The molecule has 0 spiro atoms. The number of ether oxygens (including phenoxy) is 2. The predicted molar refractivity (Wildman–Crippen MR) is 183 cm³/mol. The molecule has 0 aliphatic heterocycles. The highest BCUT2D eigenvalue weighted by Gasteiger charge is 2.28. The molecule has 0 aromatic carbocycles. The number of amides is 2. The molecule has 0 saturated heterocycles. The maximum atomic E-state index is 12.6. The molecule has 0 atom stereocenters. The van der Waals surface area contributed by atoms with E-state index in [2.05, 4.69) is 78.4 Å². The fraction of sp³-hybridized carbons (Fsp3) is 0.853. The van der Waals surface area contributed by atoms with Crippen molar-refractivity contribution in [1.29, 1.82) is 0 Å². The van der Waals surface area contributed by atoms with Crippen LogP contribution in [0.15, 0.2) is 6.20 Å². The van der Waals surface area contributed by atoms with E-state index in [0.29, 0.717) is 57.3 Å². The summed E-state index contributed by atoms with van der Waals surface area (Å²) < 4.78 is 14.2. The van der Waals surface area contributed by atoms with Crippen molar-refractivity contribution in [3.8, 4) is 0 Å². The van der Waals surface area contributed by atoms with Crippen LogP contribution >= 0.6 is 15.9 Å². The minimum atomic E-state index is -0.385. The van der Waals surface area contributed by atoms with Gasteiger partial charge in [-0.3, -0.25) is 14.4 Å². The number of nitrogens with zero attached hydrogens (tertiary/aromatic N) is 3. The van der Waals surface area contributed by atoms with Crippen LogP contribution in [0.1, 0.15) is 127 Å². The summed E-state index contributed by atoms with van der Waals surface area (Å²) >= 11 is 3.15. The fourth-order valence-electron chi connectivity index (χ4n) is 4.48. The Labute approximate surface area is 281 Å². The molecule has 45 heavy (non-hydrogen) atoms. The quantitative estimate of drug-likeness (QED) is 0.110. The summed E-state index contributed by atoms with van der Waals surface area (Å²) in [6.45, 7) is 24.8. The summed E-state index contributed by atoms with van der Waals surface area (Å²) in [6, 6.07) is 0. The van der Waals surface area contributed by atoms with Crippen molar-refractivity contribution in [2.45, 2.75) is 144 Å². The van der Waals surface area contributed by atoms with Crippen LogP contribution < -0.4 is 10.6 Å². The standard InChI is InChI=1S/C34H62BrN5O5/c1-30(2,3)27(41)15-17-34(10,11)45-22-19-32(6,7)40-24-26(38-39-40)13-14-28(42)37-25-31(4,5)18-21-44-33(8,9)16-12-20-36-29(43)23-35/h24H,12-23,25H2,1-11H3,(H,36,43)(H,37,42). The van der Waals surface area contributed by atoms with E-state index < -0.39 is 0 Å². The highest BCUT2D eigenvalue weighted by molar-refractivity contribution is 9.09. The number of aryl methyl sites for hydroxylation is 1. The lowest BCUT2D eigenvalue weighted by molar-refractivity contribution is -0.128. The number of ketones is 1. The lowest BCUT2D eigenvalue weighted by Crippen LogP contribution is -2.36. The van der Waals surface area contributed by atoms with Crippen molar-refractivity contribution >= 4 is 33.5 Å². The SMILES string of the molecule is CC(C)(CCOC(C)(C)CCCNC(=O)CBr)CNC(=O)CCc1cn(C(C)(C)CCOC(C)(C)CCC(=O)C(C)(C)C)nn1. The lowest BCUT2D eigenvalue weighted by Gasteiger charge is -2.30. The number of Topliss-reactive ketones (excluding diaryl/α,β-unsaturated/α-hetero) is 1. The Balaban J connectivity index is 2.40. The first-order valence-electron chi connectivity index (χ1n) is 16.4. The molecule has 0 saturated carbocycles. The molecule has 260 valence electrons. The lowest BCUT2D eigenvalue weighted by atomic mass is 9.86. The third kappa shape index (κ3) is 17.6. The molecule has 0 fully saturated rings. The van der Waals surface area contributed by atoms with Crippen LogP contribution in [0.5, 0.6) is 0 Å². The monoisotopic (exact) mass is 699 g/mol. The van der Waals surface area contributed by atoms with E-state index in [4.69, 9.17) is 9.47 Å². The number of hydrogen-bond acceptors (Lipinski definition) is 7. The highest BCUT2D eigenvalue weighted by Crippen LogP contribution is 2.26. The molecule has 0 radical (unpaired) electrons. The summed E-state index contributed by atoms with van der Waals surface area (Å²) in [7, 11) is 0. The number of alkyl halides is 1. The van der Waals surface area contributed by atoms with Crippen LogP contribution in [-0.2, 0) is 35.8 Å². The molecule has 1 heterocycles.